The van der Waals surface area contributed by atoms with Crippen molar-refractivity contribution in [2.24, 2.45) is 5.41 Å². The van der Waals surface area contributed by atoms with Gasteiger partial charge in [0.05, 0.1) is 7.11 Å². The highest BCUT2D eigenvalue weighted by atomic mass is 16.5. The molecule has 3 rings (SSSR count). The maximum atomic E-state index is 11.6. The molecule has 0 aliphatic heterocycles. The Kier molecular flexibility index (Phi) is 4.79. The van der Waals surface area contributed by atoms with Gasteiger partial charge in [0.1, 0.15) is 17.7 Å². The zero-order valence-corrected chi connectivity index (χ0v) is 15.6. The summed E-state index contributed by atoms with van der Waals surface area (Å²) in [7, 11) is 1.66. The fourth-order valence-electron chi connectivity index (χ4n) is 3.21. The van der Waals surface area contributed by atoms with Gasteiger partial charge in [-0.25, -0.2) is 9.97 Å². The van der Waals surface area contributed by atoms with Gasteiger partial charge in [0, 0.05) is 18.0 Å². The number of aromatic nitrogens is 2. The lowest BCUT2D eigenvalue weighted by atomic mass is 9.69. The van der Waals surface area contributed by atoms with Crippen LogP contribution in [0.25, 0.3) is 11.1 Å². The van der Waals surface area contributed by atoms with Crippen molar-refractivity contribution < 1.29 is 9.84 Å². The average molecular weight is 348 g/mol. The van der Waals surface area contributed by atoms with E-state index >= 15 is 0 Å². The van der Waals surface area contributed by atoms with Gasteiger partial charge < -0.3 is 9.84 Å². The molecule has 0 fully saturated rings. The summed E-state index contributed by atoms with van der Waals surface area (Å²) in [6.45, 7) is 6.03. The van der Waals surface area contributed by atoms with E-state index in [1.54, 1.807) is 19.5 Å². The van der Waals surface area contributed by atoms with Crippen LogP contribution < -0.4 is 4.74 Å². The van der Waals surface area contributed by atoms with Gasteiger partial charge in [0.2, 0.25) is 0 Å². The molecule has 0 saturated heterocycles. The first kappa shape index (κ1) is 18.1. The highest BCUT2D eigenvalue weighted by molar-refractivity contribution is 5.65. The molecule has 0 aliphatic rings. The highest BCUT2D eigenvalue weighted by Gasteiger charge is 2.43. The molecule has 3 aromatic rings. The van der Waals surface area contributed by atoms with Crippen LogP contribution in [0.2, 0.25) is 0 Å². The summed E-state index contributed by atoms with van der Waals surface area (Å²) in [5.74, 6) is 0.830. The minimum Gasteiger partial charge on any atom is -0.497 e. The normalized spacial score (nSPS) is 13.9. The van der Waals surface area contributed by atoms with Crippen LogP contribution in [0, 0.1) is 5.41 Å². The number of ether oxygens (including phenoxy) is 1. The molecule has 4 heteroatoms. The van der Waals surface area contributed by atoms with Gasteiger partial charge in [0.15, 0.2) is 0 Å². The highest BCUT2D eigenvalue weighted by Crippen LogP contribution is 2.44. The second-order valence-electron chi connectivity index (χ2n) is 7.39. The van der Waals surface area contributed by atoms with Crippen LogP contribution >= 0.6 is 0 Å². The third-order valence-electron chi connectivity index (χ3n) is 4.79. The van der Waals surface area contributed by atoms with Gasteiger partial charge in [-0.1, -0.05) is 57.2 Å². The number of aliphatic hydroxyl groups is 1. The largest absolute Gasteiger partial charge is 0.497 e. The van der Waals surface area contributed by atoms with Crippen LogP contribution in [0.1, 0.15) is 31.9 Å². The van der Waals surface area contributed by atoms with E-state index in [4.69, 9.17) is 4.74 Å². The first-order valence-electron chi connectivity index (χ1n) is 8.59. The smallest absolute Gasteiger partial charge is 0.122 e. The molecule has 0 spiro atoms. The topological polar surface area (TPSA) is 55.2 Å². The Labute approximate surface area is 154 Å². The molecule has 2 aromatic carbocycles. The van der Waals surface area contributed by atoms with Crippen LogP contribution in [-0.4, -0.2) is 22.2 Å². The number of hydrogen-bond acceptors (Lipinski definition) is 4. The van der Waals surface area contributed by atoms with E-state index in [-0.39, 0.29) is 0 Å². The predicted octanol–water partition coefficient (Wildman–Crippen LogP) is 4.43. The Bertz CT molecular complexity index is 853. The van der Waals surface area contributed by atoms with Crippen molar-refractivity contribution in [2.45, 2.75) is 26.4 Å². The molecular weight excluding hydrogens is 324 g/mol. The van der Waals surface area contributed by atoms with Crippen LogP contribution in [0.15, 0.2) is 67.3 Å². The average Bonchev–Trinajstić information content (AvgIpc) is 2.67. The maximum absolute atomic E-state index is 11.6. The van der Waals surface area contributed by atoms with E-state index in [9.17, 15) is 5.11 Å². The number of methoxy groups -OCH3 is 1. The SMILES string of the molecule is COc1ccc(-c2ccc(C(O)(c3cncnc3)C(C)(C)C)cc2)cc1. The summed E-state index contributed by atoms with van der Waals surface area (Å²) in [5.41, 5.74) is 2.06. The zero-order valence-electron chi connectivity index (χ0n) is 15.6. The molecule has 0 amide bonds. The molecule has 1 aromatic heterocycles. The van der Waals surface area contributed by atoms with Crippen molar-refractivity contribution in [3.8, 4) is 16.9 Å². The molecule has 134 valence electrons. The lowest BCUT2D eigenvalue weighted by Crippen LogP contribution is -2.41. The summed E-state index contributed by atoms with van der Waals surface area (Å²) in [4.78, 5) is 8.18. The maximum Gasteiger partial charge on any atom is 0.122 e. The van der Waals surface area contributed by atoms with Crippen molar-refractivity contribution in [2.75, 3.05) is 7.11 Å². The molecule has 1 heterocycles. The van der Waals surface area contributed by atoms with Crippen molar-refractivity contribution in [3.05, 3.63) is 78.4 Å². The summed E-state index contributed by atoms with van der Waals surface area (Å²) in [6, 6.07) is 15.9. The lowest BCUT2D eigenvalue weighted by molar-refractivity contribution is -0.0264. The van der Waals surface area contributed by atoms with Crippen molar-refractivity contribution in [3.63, 3.8) is 0 Å². The Morgan fingerprint density at radius 1 is 0.769 bits per heavy atom. The third-order valence-corrected chi connectivity index (χ3v) is 4.79. The van der Waals surface area contributed by atoms with Crippen LogP contribution in [-0.2, 0) is 5.60 Å². The van der Waals surface area contributed by atoms with Crippen LogP contribution in [0.5, 0.6) is 5.75 Å². The molecule has 1 N–H and O–H groups in total. The quantitative estimate of drug-likeness (QED) is 0.757. The standard InChI is InChI=1S/C22H24N2O2/c1-21(2,3)22(25,19-13-23-15-24-14-19)18-9-5-16(6-10-18)17-7-11-20(26-4)12-8-17/h5-15,25H,1-4H3. The second-order valence-corrected chi connectivity index (χ2v) is 7.39. The van der Waals surface area contributed by atoms with Crippen molar-refractivity contribution in [1.82, 2.24) is 9.97 Å². The molecule has 4 nitrogen and oxygen atoms in total. The third kappa shape index (κ3) is 3.20. The van der Waals surface area contributed by atoms with Gasteiger partial charge in [-0.2, -0.15) is 0 Å². The van der Waals surface area contributed by atoms with Gasteiger partial charge in [-0.3, -0.25) is 0 Å². The van der Waals surface area contributed by atoms with E-state index in [0.29, 0.717) is 5.56 Å². The number of rotatable bonds is 4. The van der Waals surface area contributed by atoms with Gasteiger partial charge >= 0.3 is 0 Å². The van der Waals surface area contributed by atoms with Crippen molar-refractivity contribution in [1.29, 1.82) is 0 Å². The first-order chi connectivity index (χ1) is 12.4. The summed E-state index contributed by atoms with van der Waals surface area (Å²) < 4.78 is 5.21. The summed E-state index contributed by atoms with van der Waals surface area (Å²) in [6.07, 6.45) is 4.82. The number of nitrogens with zero attached hydrogens (tertiary/aromatic N) is 2. The second kappa shape index (κ2) is 6.89. The molecule has 1 atom stereocenters. The Hall–Kier alpha value is -2.72. The Balaban J connectivity index is 2.01. The van der Waals surface area contributed by atoms with Crippen LogP contribution in [0.4, 0.5) is 0 Å². The molecule has 26 heavy (non-hydrogen) atoms. The van der Waals surface area contributed by atoms with Gasteiger partial charge in [-0.15, -0.1) is 0 Å². The monoisotopic (exact) mass is 348 g/mol. The molecule has 0 aliphatic carbocycles. The van der Waals surface area contributed by atoms with E-state index < -0.39 is 11.0 Å². The molecule has 0 bridgehead atoms. The Morgan fingerprint density at radius 2 is 1.27 bits per heavy atom. The predicted molar refractivity (Wildman–Crippen MR) is 103 cm³/mol. The van der Waals surface area contributed by atoms with Crippen molar-refractivity contribution >= 4 is 0 Å². The number of benzene rings is 2. The molecular formula is C22H24N2O2. The van der Waals surface area contributed by atoms with E-state index in [1.807, 2.05) is 69.3 Å². The molecule has 0 saturated carbocycles. The van der Waals surface area contributed by atoms with Gasteiger partial charge in [0.25, 0.3) is 0 Å². The molecule has 1 unspecified atom stereocenters. The fourth-order valence-corrected chi connectivity index (χ4v) is 3.21. The van der Waals surface area contributed by atoms with E-state index in [1.165, 1.54) is 6.33 Å². The summed E-state index contributed by atoms with van der Waals surface area (Å²) in [5, 5.41) is 11.6. The minimum absolute atomic E-state index is 0.431. The number of hydrogen-bond donors (Lipinski definition) is 1. The first-order valence-corrected chi connectivity index (χ1v) is 8.59. The lowest BCUT2D eigenvalue weighted by Gasteiger charge is -2.40. The van der Waals surface area contributed by atoms with E-state index in [2.05, 4.69) is 9.97 Å². The zero-order chi connectivity index (χ0) is 18.8. The fraction of sp³-hybridized carbons (Fsp3) is 0.273. The minimum atomic E-state index is -1.19. The van der Waals surface area contributed by atoms with E-state index in [0.717, 1.165) is 22.4 Å². The van der Waals surface area contributed by atoms with Gasteiger partial charge in [-0.05, 0) is 34.2 Å². The summed E-state index contributed by atoms with van der Waals surface area (Å²) >= 11 is 0. The van der Waals surface area contributed by atoms with Crippen LogP contribution in [0.3, 0.4) is 0 Å². The molecule has 0 radical (unpaired) electrons. The Morgan fingerprint density at radius 3 is 1.73 bits per heavy atom.